The van der Waals surface area contributed by atoms with Gasteiger partial charge in [-0.25, -0.2) is 13.6 Å². The summed E-state index contributed by atoms with van der Waals surface area (Å²) in [6.45, 7) is 0. The van der Waals surface area contributed by atoms with Crippen molar-refractivity contribution in [3.8, 4) is 17.0 Å². The van der Waals surface area contributed by atoms with Crippen LogP contribution in [0.5, 0.6) is 5.75 Å². The number of aromatic hydroxyl groups is 1. The van der Waals surface area contributed by atoms with Crippen LogP contribution in [0.1, 0.15) is 10.5 Å². The summed E-state index contributed by atoms with van der Waals surface area (Å²) in [7, 11) is 0. The number of phenols is 1. The molecule has 0 aliphatic carbocycles. The Balaban J connectivity index is 2.66. The lowest BCUT2D eigenvalue weighted by molar-refractivity contribution is 0.0690. The van der Waals surface area contributed by atoms with E-state index in [-0.39, 0.29) is 11.4 Å². The number of carboxylic acid groups (broad SMARTS) is 1. The van der Waals surface area contributed by atoms with Crippen LogP contribution in [-0.2, 0) is 0 Å². The third kappa shape index (κ3) is 1.88. The number of aromatic amines is 1. The zero-order chi connectivity index (χ0) is 13.4. The molecule has 1 aromatic heterocycles. The van der Waals surface area contributed by atoms with Crippen LogP contribution in [0.2, 0.25) is 5.02 Å². The van der Waals surface area contributed by atoms with E-state index in [0.717, 1.165) is 6.07 Å². The fourth-order valence-corrected chi connectivity index (χ4v) is 1.57. The van der Waals surface area contributed by atoms with Crippen molar-refractivity contribution in [2.45, 2.75) is 0 Å². The number of benzene rings is 1. The summed E-state index contributed by atoms with van der Waals surface area (Å²) >= 11 is 5.50. The molecule has 0 spiro atoms. The quantitative estimate of drug-likeness (QED) is 0.734. The molecule has 18 heavy (non-hydrogen) atoms. The van der Waals surface area contributed by atoms with E-state index >= 15 is 0 Å². The first-order valence-corrected chi connectivity index (χ1v) is 4.95. The first-order chi connectivity index (χ1) is 8.41. The van der Waals surface area contributed by atoms with Crippen LogP contribution in [0.4, 0.5) is 8.78 Å². The van der Waals surface area contributed by atoms with Crippen LogP contribution in [0.25, 0.3) is 11.3 Å². The minimum atomic E-state index is -1.36. The van der Waals surface area contributed by atoms with Gasteiger partial charge < -0.3 is 10.2 Å². The van der Waals surface area contributed by atoms with Crippen molar-refractivity contribution in [3.05, 3.63) is 34.5 Å². The summed E-state index contributed by atoms with van der Waals surface area (Å²) in [6.07, 6.45) is 0. The summed E-state index contributed by atoms with van der Waals surface area (Å²) in [5.41, 5.74) is -1.18. The Kier molecular flexibility index (Phi) is 2.92. The highest BCUT2D eigenvalue weighted by molar-refractivity contribution is 6.32. The average Bonchev–Trinajstić information content (AvgIpc) is 2.76. The summed E-state index contributed by atoms with van der Waals surface area (Å²) in [5, 5.41) is 23.4. The Morgan fingerprint density at radius 1 is 1.39 bits per heavy atom. The van der Waals surface area contributed by atoms with Crippen molar-refractivity contribution in [1.29, 1.82) is 0 Å². The number of halogens is 3. The van der Waals surface area contributed by atoms with Crippen LogP contribution in [0.15, 0.2) is 12.1 Å². The van der Waals surface area contributed by atoms with Gasteiger partial charge in [0.25, 0.3) is 0 Å². The van der Waals surface area contributed by atoms with Gasteiger partial charge in [-0.15, -0.1) is 0 Å². The highest BCUT2D eigenvalue weighted by Crippen LogP contribution is 2.37. The number of nitrogens with zero attached hydrogens (tertiary/aromatic N) is 1. The van der Waals surface area contributed by atoms with Gasteiger partial charge in [-0.1, -0.05) is 11.6 Å². The van der Waals surface area contributed by atoms with E-state index in [4.69, 9.17) is 16.7 Å². The van der Waals surface area contributed by atoms with Crippen molar-refractivity contribution in [3.63, 3.8) is 0 Å². The molecule has 3 N–H and O–H groups in total. The summed E-state index contributed by atoms with van der Waals surface area (Å²) in [6, 6.07) is 1.57. The standard InChI is InChI=1S/C10H5ClF2N2O3/c11-3-1-4(12)8(13)7(9(3)16)5-2-6(10(17)18)15-14-5/h1-2,16H,(H,14,15)(H,17,18). The highest BCUT2D eigenvalue weighted by atomic mass is 35.5. The molecule has 1 aromatic carbocycles. The Bertz CT molecular complexity index is 616. The second kappa shape index (κ2) is 4.26. The Morgan fingerprint density at radius 3 is 2.61 bits per heavy atom. The molecule has 0 unspecified atom stereocenters. The lowest BCUT2D eigenvalue weighted by Gasteiger charge is -2.05. The van der Waals surface area contributed by atoms with Gasteiger partial charge in [0, 0.05) is 0 Å². The molecule has 0 saturated carbocycles. The first kappa shape index (κ1) is 12.3. The molecule has 0 radical (unpaired) electrons. The minimum absolute atomic E-state index is 0.260. The number of phenolic OH excluding ortho intramolecular Hbond substituents is 1. The third-order valence-electron chi connectivity index (χ3n) is 2.21. The lowest BCUT2D eigenvalue weighted by atomic mass is 10.1. The zero-order valence-electron chi connectivity index (χ0n) is 8.54. The maximum atomic E-state index is 13.5. The average molecular weight is 275 g/mol. The number of nitrogens with one attached hydrogen (secondary N) is 1. The molecule has 0 amide bonds. The van der Waals surface area contributed by atoms with Crippen molar-refractivity contribution in [2.75, 3.05) is 0 Å². The topological polar surface area (TPSA) is 86.2 Å². The molecule has 8 heteroatoms. The maximum Gasteiger partial charge on any atom is 0.353 e. The van der Waals surface area contributed by atoms with Crippen LogP contribution < -0.4 is 0 Å². The fourth-order valence-electron chi connectivity index (χ4n) is 1.38. The van der Waals surface area contributed by atoms with Crippen molar-refractivity contribution >= 4 is 17.6 Å². The molecule has 94 valence electrons. The second-order valence-electron chi connectivity index (χ2n) is 3.35. The van der Waals surface area contributed by atoms with Crippen molar-refractivity contribution < 1.29 is 23.8 Å². The maximum absolute atomic E-state index is 13.5. The minimum Gasteiger partial charge on any atom is -0.506 e. The molecule has 2 aromatic rings. The van der Waals surface area contributed by atoms with E-state index in [1.807, 2.05) is 0 Å². The van der Waals surface area contributed by atoms with E-state index in [0.29, 0.717) is 6.07 Å². The molecule has 1 heterocycles. The van der Waals surface area contributed by atoms with E-state index < -0.39 is 33.9 Å². The number of aromatic nitrogens is 2. The van der Waals surface area contributed by atoms with Gasteiger partial charge in [-0.3, -0.25) is 5.10 Å². The number of carbonyl (C=O) groups is 1. The number of rotatable bonds is 2. The van der Waals surface area contributed by atoms with Crippen molar-refractivity contribution in [2.24, 2.45) is 0 Å². The van der Waals surface area contributed by atoms with E-state index in [9.17, 15) is 18.7 Å². The molecule has 0 aliphatic heterocycles. The Labute approximate surface area is 104 Å². The SMILES string of the molecule is O=C(O)c1cc(-c2c(O)c(Cl)cc(F)c2F)n[nH]1. The predicted molar refractivity (Wildman–Crippen MR) is 57.6 cm³/mol. The smallest absolute Gasteiger partial charge is 0.353 e. The summed E-state index contributed by atoms with van der Waals surface area (Å²) < 4.78 is 26.7. The molecule has 0 fully saturated rings. The number of carboxylic acids is 1. The van der Waals surface area contributed by atoms with Gasteiger partial charge in [0.05, 0.1) is 16.3 Å². The van der Waals surface area contributed by atoms with Gasteiger partial charge in [0.2, 0.25) is 0 Å². The Hall–Kier alpha value is -2.15. The molecule has 0 bridgehead atoms. The van der Waals surface area contributed by atoms with Gasteiger partial charge in [-0.2, -0.15) is 5.10 Å². The van der Waals surface area contributed by atoms with E-state index in [1.165, 1.54) is 0 Å². The molecular formula is C10H5ClF2N2O3. The van der Waals surface area contributed by atoms with Gasteiger partial charge in [-0.05, 0) is 12.1 Å². The number of H-pyrrole nitrogens is 1. The largest absolute Gasteiger partial charge is 0.506 e. The monoisotopic (exact) mass is 274 g/mol. The number of hydrogen-bond acceptors (Lipinski definition) is 3. The molecule has 0 atom stereocenters. The highest BCUT2D eigenvalue weighted by Gasteiger charge is 2.21. The van der Waals surface area contributed by atoms with Gasteiger partial charge >= 0.3 is 5.97 Å². The first-order valence-electron chi connectivity index (χ1n) is 4.57. The van der Waals surface area contributed by atoms with Crippen LogP contribution in [0.3, 0.4) is 0 Å². The van der Waals surface area contributed by atoms with Crippen molar-refractivity contribution in [1.82, 2.24) is 10.2 Å². The molecule has 2 rings (SSSR count). The second-order valence-corrected chi connectivity index (χ2v) is 3.76. The van der Waals surface area contributed by atoms with E-state index in [1.54, 1.807) is 0 Å². The summed E-state index contributed by atoms with van der Waals surface area (Å²) in [5.74, 6) is -4.66. The lowest BCUT2D eigenvalue weighted by Crippen LogP contribution is -1.95. The zero-order valence-corrected chi connectivity index (χ0v) is 9.29. The van der Waals surface area contributed by atoms with Crippen LogP contribution in [-0.4, -0.2) is 26.4 Å². The van der Waals surface area contributed by atoms with E-state index in [2.05, 4.69) is 10.2 Å². The predicted octanol–water partition coefficient (Wildman–Crippen LogP) is 2.41. The normalized spacial score (nSPS) is 10.6. The van der Waals surface area contributed by atoms with Gasteiger partial charge in [0.1, 0.15) is 11.4 Å². The van der Waals surface area contributed by atoms with Crippen LogP contribution >= 0.6 is 11.6 Å². The molecule has 0 aliphatic rings. The number of hydrogen-bond donors (Lipinski definition) is 3. The third-order valence-corrected chi connectivity index (χ3v) is 2.50. The molecule has 5 nitrogen and oxygen atoms in total. The summed E-state index contributed by atoms with van der Waals surface area (Å²) in [4.78, 5) is 10.6. The number of aromatic carboxylic acids is 1. The van der Waals surface area contributed by atoms with Gasteiger partial charge in [0.15, 0.2) is 11.6 Å². The van der Waals surface area contributed by atoms with Crippen LogP contribution in [0, 0.1) is 11.6 Å². The fraction of sp³-hybridized carbons (Fsp3) is 0. The Morgan fingerprint density at radius 2 is 2.06 bits per heavy atom. The molecular weight excluding hydrogens is 270 g/mol. The molecule has 0 saturated heterocycles.